The summed E-state index contributed by atoms with van der Waals surface area (Å²) in [5.41, 5.74) is 4.83. The summed E-state index contributed by atoms with van der Waals surface area (Å²) < 4.78 is 2.15. The molecule has 0 bridgehead atoms. The molecule has 0 unspecified atom stereocenters. The van der Waals surface area contributed by atoms with E-state index in [2.05, 4.69) is 46.0 Å². The van der Waals surface area contributed by atoms with Crippen molar-refractivity contribution in [1.82, 2.24) is 19.5 Å². The van der Waals surface area contributed by atoms with Gasteiger partial charge < -0.3 is 9.88 Å². The van der Waals surface area contributed by atoms with Gasteiger partial charge >= 0.3 is 0 Å². The fourth-order valence-corrected chi connectivity index (χ4v) is 3.69. The van der Waals surface area contributed by atoms with E-state index in [1.54, 1.807) is 0 Å². The van der Waals surface area contributed by atoms with Crippen LogP contribution in [0.2, 0.25) is 5.02 Å². The topological polar surface area (TPSA) is 55.6 Å². The van der Waals surface area contributed by atoms with Crippen molar-refractivity contribution in [1.29, 1.82) is 0 Å². The number of imidazole rings is 1. The molecule has 2 aromatic carbocycles. The third-order valence-corrected chi connectivity index (χ3v) is 5.27. The zero-order chi connectivity index (χ0) is 17.8. The van der Waals surface area contributed by atoms with E-state index in [0.29, 0.717) is 16.9 Å². The highest BCUT2D eigenvalue weighted by atomic mass is 35.5. The van der Waals surface area contributed by atoms with E-state index in [0.717, 1.165) is 39.0 Å². The van der Waals surface area contributed by atoms with Crippen LogP contribution in [0.4, 0.5) is 11.6 Å². The average Bonchev–Trinajstić information content (AvgIpc) is 3.41. The van der Waals surface area contributed by atoms with Gasteiger partial charge in [-0.2, -0.15) is 0 Å². The van der Waals surface area contributed by atoms with Crippen molar-refractivity contribution in [3.63, 3.8) is 0 Å². The Balaban J connectivity index is 1.57. The molecule has 5 rings (SSSR count). The highest BCUT2D eigenvalue weighted by molar-refractivity contribution is 6.35. The molecule has 130 valence electrons. The van der Waals surface area contributed by atoms with E-state index in [9.17, 15) is 0 Å². The molecule has 1 aliphatic rings. The van der Waals surface area contributed by atoms with E-state index < -0.39 is 0 Å². The zero-order valence-corrected chi connectivity index (χ0v) is 15.4. The maximum absolute atomic E-state index is 6.50. The Bertz CT molecular complexity index is 1160. The molecule has 4 aromatic rings. The third kappa shape index (κ3) is 2.51. The molecule has 2 aromatic heterocycles. The Kier molecular flexibility index (Phi) is 3.40. The summed E-state index contributed by atoms with van der Waals surface area (Å²) in [6.07, 6.45) is 4.27. The lowest BCUT2D eigenvalue weighted by molar-refractivity contribution is 0.820. The second kappa shape index (κ2) is 5.68. The summed E-state index contributed by atoms with van der Waals surface area (Å²) in [6, 6.07) is 10.0. The first kappa shape index (κ1) is 15.6. The van der Waals surface area contributed by atoms with Gasteiger partial charge in [-0.05, 0) is 37.5 Å². The van der Waals surface area contributed by atoms with Crippen LogP contribution in [-0.2, 0) is 7.05 Å². The molecule has 1 aliphatic carbocycles. The standard InChI is InChI=1S/C20H18ClN5/c1-11-4-3-5-13-10-22-20(25-17(11)13)23-14-8-15(21)18-16(9-14)26(2)19(24-18)12-6-7-12/h3-5,8-10,12H,6-7H2,1-2H3,(H,22,23,25). The predicted molar refractivity (Wildman–Crippen MR) is 105 cm³/mol. The summed E-state index contributed by atoms with van der Waals surface area (Å²) >= 11 is 6.50. The van der Waals surface area contributed by atoms with Crippen molar-refractivity contribution >= 4 is 45.2 Å². The normalized spacial score (nSPS) is 14.3. The smallest absolute Gasteiger partial charge is 0.227 e. The third-order valence-electron chi connectivity index (χ3n) is 4.99. The number of anilines is 2. The number of hydrogen-bond acceptors (Lipinski definition) is 4. The second-order valence-electron chi connectivity index (χ2n) is 6.96. The van der Waals surface area contributed by atoms with E-state index in [1.807, 2.05) is 24.4 Å². The molecule has 0 spiro atoms. The van der Waals surface area contributed by atoms with E-state index in [-0.39, 0.29) is 0 Å². The number of rotatable bonds is 3. The number of aryl methyl sites for hydroxylation is 2. The molecule has 5 nitrogen and oxygen atoms in total. The quantitative estimate of drug-likeness (QED) is 0.550. The van der Waals surface area contributed by atoms with Crippen LogP contribution < -0.4 is 5.32 Å². The molecular weight excluding hydrogens is 346 g/mol. The van der Waals surface area contributed by atoms with E-state index in [1.165, 1.54) is 12.8 Å². The molecule has 1 saturated carbocycles. The Morgan fingerprint density at radius 3 is 2.81 bits per heavy atom. The molecule has 26 heavy (non-hydrogen) atoms. The molecule has 2 heterocycles. The van der Waals surface area contributed by atoms with Crippen LogP contribution >= 0.6 is 11.6 Å². The minimum atomic E-state index is 0.562. The SMILES string of the molecule is Cc1cccc2cnc(Nc3cc(Cl)c4nc(C5CC5)n(C)c4c3)nc12. The van der Waals surface area contributed by atoms with Gasteiger partial charge in [-0.3, -0.25) is 0 Å². The van der Waals surface area contributed by atoms with Crippen LogP contribution in [0.1, 0.15) is 30.1 Å². The summed E-state index contributed by atoms with van der Waals surface area (Å²) in [6.45, 7) is 2.05. The van der Waals surface area contributed by atoms with E-state index in [4.69, 9.17) is 16.6 Å². The molecule has 6 heteroatoms. The van der Waals surface area contributed by atoms with Crippen molar-refractivity contribution in [3.05, 3.63) is 52.9 Å². The average molecular weight is 364 g/mol. The lowest BCUT2D eigenvalue weighted by atomic mass is 10.1. The fourth-order valence-electron chi connectivity index (χ4n) is 3.44. The largest absolute Gasteiger partial charge is 0.331 e. The Morgan fingerprint density at radius 1 is 1.15 bits per heavy atom. The highest BCUT2D eigenvalue weighted by Crippen LogP contribution is 2.41. The number of benzene rings is 2. The van der Waals surface area contributed by atoms with Gasteiger partial charge in [0.05, 0.1) is 16.1 Å². The first-order valence-corrected chi connectivity index (χ1v) is 9.13. The van der Waals surface area contributed by atoms with Gasteiger partial charge in [-0.15, -0.1) is 0 Å². The fraction of sp³-hybridized carbons (Fsp3) is 0.250. The molecule has 1 fully saturated rings. The van der Waals surface area contributed by atoms with Crippen molar-refractivity contribution in [2.24, 2.45) is 7.05 Å². The van der Waals surface area contributed by atoms with Gasteiger partial charge in [-0.25, -0.2) is 15.0 Å². The first-order chi connectivity index (χ1) is 12.6. The highest BCUT2D eigenvalue weighted by Gasteiger charge is 2.29. The van der Waals surface area contributed by atoms with Gasteiger partial charge in [-0.1, -0.05) is 29.8 Å². The number of hydrogen-bond donors (Lipinski definition) is 1. The van der Waals surface area contributed by atoms with Gasteiger partial charge in [0.25, 0.3) is 0 Å². The monoisotopic (exact) mass is 363 g/mol. The Labute approximate surface area is 156 Å². The molecule has 0 atom stereocenters. The van der Waals surface area contributed by atoms with Crippen molar-refractivity contribution in [2.75, 3.05) is 5.32 Å². The molecular formula is C20H18ClN5. The number of aromatic nitrogens is 4. The van der Waals surface area contributed by atoms with Crippen molar-refractivity contribution < 1.29 is 0 Å². The minimum absolute atomic E-state index is 0.562. The number of halogens is 1. The van der Waals surface area contributed by atoms with Crippen LogP contribution in [-0.4, -0.2) is 19.5 Å². The van der Waals surface area contributed by atoms with Gasteiger partial charge in [0.15, 0.2) is 0 Å². The molecule has 1 N–H and O–H groups in total. The van der Waals surface area contributed by atoms with Crippen LogP contribution in [0.5, 0.6) is 0 Å². The van der Waals surface area contributed by atoms with Crippen LogP contribution in [0.25, 0.3) is 21.9 Å². The van der Waals surface area contributed by atoms with Crippen LogP contribution in [0.15, 0.2) is 36.5 Å². The number of fused-ring (bicyclic) bond motifs is 2. The van der Waals surface area contributed by atoms with Crippen molar-refractivity contribution in [2.45, 2.75) is 25.7 Å². The second-order valence-corrected chi connectivity index (χ2v) is 7.37. The lowest BCUT2D eigenvalue weighted by Crippen LogP contribution is -1.99. The Morgan fingerprint density at radius 2 is 2.00 bits per heavy atom. The maximum Gasteiger partial charge on any atom is 0.227 e. The molecule has 0 amide bonds. The zero-order valence-electron chi connectivity index (χ0n) is 14.6. The lowest BCUT2D eigenvalue weighted by Gasteiger charge is -2.08. The predicted octanol–water partition coefficient (Wildman–Crippen LogP) is 5.10. The summed E-state index contributed by atoms with van der Waals surface area (Å²) in [4.78, 5) is 13.8. The van der Waals surface area contributed by atoms with Crippen LogP contribution in [0.3, 0.4) is 0 Å². The number of nitrogens with zero attached hydrogens (tertiary/aromatic N) is 4. The Hall–Kier alpha value is -2.66. The summed E-state index contributed by atoms with van der Waals surface area (Å²) in [5.74, 6) is 2.26. The van der Waals surface area contributed by atoms with Crippen LogP contribution in [0, 0.1) is 6.92 Å². The van der Waals surface area contributed by atoms with Crippen molar-refractivity contribution in [3.8, 4) is 0 Å². The molecule has 0 radical (unpaired) electrons. The summed E-state index contributed by atoms with van der Waals surface area (Å²) in [7, 11) is 2.05. The first-order valence-electron chi connectivity index (χ1n) is 8.75. The van der Waals surface area contributed by atoms with E-state index >= 15 is 0 Å². The van der Waals surface area contributed by atoms with Gasteiger partial charge in [0, 0.05) is 30.2 Å². The van der Waals surface area contributed by atoms with Gasteiger partial charge in [0.1, 0.15) is 11.3 Å². The number of para-hydroxylation sites is 1. The minimum Gasteiger partial charge on any atom is -0.331 e. The molecule has 0 saturated heterocycles. The summed E-state index contributed by atoms with van der Waals surface area (Å²) in [5, 5.41) is 4.96. The molecule has 0 aliphatic heterocycles. The van der Waals surface area contributed by atoms with Gasteiger partial charge in [0.2, 0.25) is 5.95 Å². The number of nitrogens with one attached hydrogen (secondary N) is 1. The maximum atomic E-state index is 6.50.